The lowest BCUT2D eigenvalue weighted by Gasteiger charge is -2.11. The van der Waals surface area contributed by atoms with E-state index < -0.39 is 0 Å². The van der Waals surface area contributed by atoms with Crippen molar-refractivity contribution in [1.82, 2.24) is 0 Å². The van der Waals surface area contributed by atoms with Gasteiger partial charge in [-0.1, -0.05) is 6.07 Å². The lowest BCUT2D eigenvalue weighted by atomic mass is 10.1. The fourth-order valence-corrected chi connectivity index (χ4v) is 2.37. The van der Waals surface area contributed by atoms with Crippen LogP contribution in [0.3, 0.4) is 0 Å². The van der Waals surface area contributed by atoms with Gasteiger partial charge in [-0.2, -0.15) is 0 Å². The third-order valence-corrected chi connectivity index (χ3v) is 3.50. The minimum Gasteiger partial charge on any atom is -0.507 e. The monoisotopic (exact) mass is 314 g/mol. The molecule has 0 amide bonds. The topological polar surface area (TPSA) is 89.1 Å². The maximum atomic E-state index is 12.2. The molecule has 0 aliphatic carbocycles. The highest BCUT2D eigenvalue weighted by Gasteiger charge is 2.15. The van der Waals surface area contributed by atoms with Crippen molar-refractivity contribution in [3.05, 3.63) is 46.6 Å². The van der Waals surface area contributed by atoms with Crippen LogP contribution in [0.5, 0.6) is 23.0 Å². The zero-order chi connectivity index (χ0) is 16.6. The fraction of sp³-hybridized carbons (Fsp3) is 0.118. The van der Waals surface area contributed by atoms with Gasteiger partial charge in [-0.05, 0) is 24.3 Å². The van der Waals surface area contributed by atoms with E-state index in [1.807, 2.05) is 0 Å². The van der Waals surface area contributed by atoms with Gasteiger partial charge in [0.2, 0.25) is 5.75 Å². The first-order chi connectivity index (χ1) is 11.0. The van der Waals surface area contributed by atoms with Crippen molar-refractivity contribution in [2.24, 2.45) is 0 Å². The molecule has 1 heterocycles. The van der Waals surface area contributed by atoms with Gasteiger partial charge < -0.3 is 24.1 Å². The van der Waals surface area contributed by atoms with Crippen LogP contribution in [-0.4, -0.2) is 24.4 Å². The highest BCUT2D eigenvalue weighted by atomic mass is 16.5. The quantitative estimate of drug-likeness (QED) is 0.772. The number of phenolic OH excluding ortho intramolecular Hbond substituents is 2. The summed E-state index contributed by atoms with van der Waals surface area (Å²) in [4.78, 5) is 12.2. The SMILES string of the molecule is COc1cc(-c2cc(=O)c3c(O)cccc3o2)cc(OC)c1O. The van der Waals surface area contributed by atoms with Gasteiger partial charge in [0.1, 0.15) is 22.5 Å². The predicted octanol–water partition coefficient (Wildman–Crippen LogP) is 2.89. The van der Waals surface area contributed by atoms with Crippen LogP contribution < -0.4 is 14.9 Å². The molecule has 0 atom stereocenters. The van der Waals surface area contributed by atoms with Gasteiger partial charge in [-0.15, -0.1) is 0 Å². The Morgan fingerprint density at radius 3 is 2.26 bits per heavy atom. The Bertz CT molecular complexity index is 916. The molecule has 23 heavy (non-hydrogen) atoms. The molecule has 2 aromatic carbocycles. The number of rotatable bonds is 3. The second kappa shape index (κ2) is 5.57. The normalized spacial score (nSPS) is 10.7. The van der Waals surface area contributed by atoms with Crippen LogP contribution in [0.25, 0.3) is 22.3 Å². The van der Waals surface area contributed by atoms with E-state index >= 15 is 0 Å². The van der Waals surface area contributed by atoms with E-state index in [1.165, 1.54) is 38.5 Å². The first-order valence-corrected chi connectivity index (χ1v) is 6.76. The minimum absolute atomic E-state index is 0.119. The molecular weight excluding hydrogens is 300 g/mol. The first-order valence-electron chi connectivity index (χ1n) is 6.76. The summed E-state index contributed by atoms with van der Waals surface area (Å²) in [5.74, 6) is 0.379. The van der Waals surface area contributed by atoms with Gasteiger partial charge in [-0.3, -0.25) is 4.79 Å². The van der Waals surface area contributed by atoms with Crippen LogP contribution in [0, 0.1) is 0 Å². The van der Waals surface area contributed by atoms with Crippen LogP contribution in [-0.2, 0) is 0 Å². The Balaban J connectivity index is 2.27. The number of ether oxygens (including phenoxy) is 2. The molecule has 3 rings (SSSR count). The van der Waals surface area contributed by atoms with Gasteiger partial charge >= 0.3 is 0 Å². The van der Waals surface area contributed by atoms with E-state index in [9.17, 15) is 15.0 Å². The maximum Gasteiger partial charge on any atom is 0.200 e. The summed E-state index contributed by atoms with van der Waals surface area (Å²) in [6.07, 6.45) is 0. The Hall–Kier alpha value is -3.15. The third-order valence-electron chi connectivity index (χ3n) is 3.50. The molecule has 0 unspecified atom stereocenters. The highest BCUT2D eigenvalue weighted by molar-refractivity contribution is 5.84. The molecule has 0 spiro atoms. The van der Waals surface area contributed by atoms with Gasteiger partial charge in [0.15, 0.2) is 16.9 Å². The largest absolute Gasteiger partial charge is 0.507 e. The highest BCUT2D eigenvalue weighted by Crippen LogP contribution is 2.40. The molecule has 0 fully saturated rings. The molecule has 0 bridgehead atoms. The number of hydrogen-bond acceptors (Lipinski definition) is 6. The number of hydrogen-bond donors (Lipinski definition) is 2. The Morgan fingerprint density at radius 2 is 1.65 bits per heavy atom. The number of methoxy groups -OCH3 is 2. The van der Waals surface area contributed by atoms with E-state index in [-0.39, 0.29) is 45.2 Å². The summed E-state index contributed by atoms with van der Waals surface area (Å²) in [6, 6.07) is 8.94. The van der Waals surface area contributed by atoms with E-state index in [1.54, 1.807) is 12.1 Å². The van der Waals surface area contributed by atoms with Gasteiger partial charge in [0.25, 0.3) is 0 Å². The number of phenols is 2. The summed E-state index contributed by atoms with van der Waals surface area (Å²) in [5.41, 5.74) is 0.391. The van der Waals surface area contributed by atoms with Crippen LogP contribution >= 0.6 is 0 Å². The van der Waals surface area contributed by atoms with Gasteiger partial charge in [0.05, 0.1) is 14.2 Å². The Morgan fingerprint density at radius 1 is 1.00 bits per heavy atom. The predicted molar refractivity (Wildman–Crippen MR) is 84.4 cm³/mol. The summed E-state index contributed by atoms with van der Waals surface area (Å²) in [6.45, 7) is 0. The Labute approximate surface area is 131 Å². The molecule has 2 N–H and O–H groups in total. The molecule has 0 saturated heterocycles. The summed E-state index contributed by atoms with van der Waals surface area (Å²) in [7, 11) is 2.82. The molecule has 6 nitrogen and oxygen atoms in total. The smallest absolute Gasteiger partial charge is 0.200 e. The molecule has 118 valence electrons. The minimum atomic E-state index is -0.370. The van der Waals surface area contributed by atoms with Gasteiger partial charge in [-0.25, -0.2) is 0 Å². The summed E-state index contributed by atoms with van der Waals surface area (Å²) in [5, 5.41) is 19.8. The molecular formula is C17H14O6. The first kappa shape index (κ1) is 14.8. The van der Waals surface area contributed by atoms with Crippen molar-refractivity contribution in [3.8, 4) is 34.3 Å². The average Bonchev–Trinajstić information content (AvgIpc) is 2.54. The second-order valence-corrected chi connectivity index (χ2v) is 4.85. The van der Waals surface area contributed by atoms with Crippen LogP contribution in [0.4, 0.5) is 0 Å². The van der Waals surface area contributed by atoms with Crippen LogP contribution in [0.2, 0.25) is 0 Å². The standard InChI is InChI=1S/C17H14O6/c1-21-14-6-9(7-15(22-2)17(14)20)13-8-11(19)16-10(18)4-3-5-12(16)23-13/h3-8,18,20H,1-2H3. The van der Waals surface area contributed by atoms with Crippen molar-refractivity contribution in [2.45, 2.75) is 0 Å². The second-order valence-electron chi connectivity index (χ2n) is 4.85. The number of fused-ring (bicyclic) bond motifs is 1. The summed E-state index contributed by atoms with van der Waals surface area (Å²) >= 11 is 0. The molecule has 1 aromatic heterocycles. The average molecular weight is 314 g/mol. The zero-order valence-electron chi connectivity index (χ0n) is 12.5. The van der Waals surface area contributed by atoms with Crippen molar-refractivity contribution < 1.29 is 24.1 Å². The van der Waals surface area contributed by atoms with Crippen molar-refractivity contribution in [3.63, 3.8) is 0 Å². The van der Waals surface area contributed by atoms with E-state index in [0.717, 1.165) is 0 Å². The number of benzene rings is 2. The van der Waals surface area contributed by atoms with Crippen LogP contribution in [0.15, 0.2) is 45.6 Å². The zero-order valence-corrected chi connectivity index (χ0v) is 12.5. The Kier molecular flexibility index (Phi) is 3.57. The van der Waals surface area contributed by atoms with Crippen molar-refractivity contribution in [1.29, 1.82) is 0 Å². The van der Waals surface area contributed by atoms with E-state index in [4.69, 9.17) is 13.9 Å². The molecule has 6 heteroatoms. The fourth-order valence-electron chi connectivity index (χ4n) is 2.37. The van der Waals surface area contributed by atoms with Gasteiger partial charge in [0, 0.05) is 11.6 Å². The van der Waals surface area contributed by atoms with Crippen molar-refractivity contribution >= 4 is 11.0 Å². The van der Waals surface area contributed by atoms with E-state index in [0.29, 0.717) is 5.56 Å². The molecule has 3 aromatic rings. The lowest BCUT2D eigenvalue weighted by Crippen LogP contribution is -2.01. The molecule has 0 saturated carbocycles. The lowest BCUT2D eigenvalue weighted by molar-refractivity contribution is 0.340. The third kappa shape index (κ3) is 2.44. The molecule has 0 aliphatic heterocycles. The number of aromatic hydroxyl groups is 2. The molecule has 0 aliphatic rings. The van der Waals surface area contributed by atoms with Crippen molar-refractivity contribution in [2.75, 3.05) is 14.2 Å². The molecule has 0 radical (unpaired) electrons. The maximum absolute atomic E-state index is 12.2. The van der Waals surface area contributed by atoms with E-state index in [2.05, 4.69) is 0 Å². The van der Waals surface area contributed by atoms with Crippen LogP contribution in [0.1, 0.15) is 0 Å². The summed E-state index contributed by atoms with van der Waals surface area (Å²) < 4.78 is 15.9.